The lowest BCUT2D eigenvalue weighted by Crippen LogP contribution is -2.39. The molecule has 0 fully saturated rings. The quantitative estimate of drug-likeness (QED) is 0.659. The van der Waals surface area contributed by atoms with Gasteiger partial charge in [-0.05, 0) is 43.0 Å². The molecule has 0 aliphatic carbocycles. The van der Waals surface area contributed by atoms with E-state index in [0.717, 1.165) is 30.7 Å². The van der Waals surface area contributed by atoms with Gasteiger partial charge in [-0.1, -0.05) is 6.92 Å². The average molecular weight is 397 g/mol. The van der Waals surface area contributed by atoms with Crippen LogP contribution < -0.4 is 19.9 Å². The molecule has 1 unspecified atom stereocenters. The van der Waals surface area contributed by atoms with E-state index in [2.05, 4.69) is 29.9 Å². The van der Waals surface area contributed by atoms with Crippen LogP contribution in [0, 0.1) is 0 Å². The third-order valence-corrected chi connectivity index (χ3v) is 5.72. The maximum absolute atomic E-state index is 13.2. The second-order valence-corrected chi connectivity index (χ2v) is 7.40. The van der Waals surface area contributed by atoms with E-state index in [0.29, 0.717) is 29.3 Å². The van der Waals surface area contributed by atoms with E-state index in [9.17, 15) is 4.79 Å². The summed E-state index contributed by atoms with van der Waals surface area (Å²) in [6, 6.07) is 4.14. The predicted molar refractivity (Wildman–Crippen MR) is 112 cm³/mol. The largest absolute Gasteiger partial charge is 0.493 e. The fraction of sp³-hybridized carbons (Fsp3) is 0.476. The monoisotopic (exact) mass is 397 g/mol. The zero-order valence-corrected chi connectivity index (χ0v) is 17.6. The number of aromatic nitrogens is 4. The van der Waals surface area contributed by atoms with Crippen molar-refractivity contribution < 1.29 is 9.47 Å². The summed E-state index contributed by atoms with van der Waals surface area (Å²) < 4.78 is 14.4. The smallest absolute Gasteiger partial charge is 0.281 e. The number of anilines is 1. The number of benzene rings is 1. The predicted octanol–water partition coefficient (Wildman–Crippen LogP) is 2.68. The SMILES string of the molecule is CCCn1c(N2CCc3cc(OC)c(OC)cc3C2C)nc2cnn(C)c2c1=O. The number of methoxy groups -OCH3 is 2. The highest BCUT2D eigenvalue weighted by Crippen LogP contribution is 2.39. The molecule has 0 spiro atoms. The van der Waals surface area contributed by atoms with Gasteiger partial charge in [-0.3, -0.25) is 14.0 Å². The van der Waals surface area contributed by atoms with E-state index in [4.69, 9.17) is 14.5 Å². The number of nitrogens with zero attached hydrogens (tertiary/aromatic N) is 5. The van der Waals surface area contributed by atoms with Gasteiger partial charge < -0.3 is 14.4 Å². The molecule has 0 saturated heterocycles. The van der Waals surface area contributed by atoms with Crippen LogP contribution in [0.1, 0.15) is 37.4 Å². The standard InChI is InChI=1S/C21H27N5O3/c1-6-8-26-20(27)19-16(12-22-24(19)3)23-21(26)25-9-7-14-10-17(28-4)18(29-5)11-15(14)13(25)2/h10-13H,6-9H2,1-5H3. The van der Waals surface area contributed by atoms with E-state index in [1.807, 2.05) is 6.07 Å². The first kappa shape index (κ1) is 19.3. The number of rotatable bonds is 5. The van der Waals surface area contributed by atoms with Crippen LogP contribution in [0.5, 0.6) is 11.5 Å². The molecule has 1 atom stereocenters. The third kappa shape index (κ3) is 3.03. The van der Waals surface area contributed by atoms with Crippen LogP contribution >= 0.6 is 0 Å². The van der Waals surface area contributed by atoms with Crippen molar-refractivity contribution in [2.75, 3.05) is 25.7 Å². The molecule has 8 nitrogen and oxygen atoms in total. The Hall–Kier alpha value is -3.03. The first-order chi connectivity index (χ1) is 14.0. The van der Waals surface area contributed by atoms with Gasteiger partial charge in [0, 0.05) is 20.1 Å². The second kappa shape index (κ2) is 7.42. The fourth-order valence-electron chi connectivity index (χ4n) is 4.20. The van der Waals surface area contributed by atoms with E-state index < -0.39 is 0 Å². The van der Waals surface area contributed by atoms with E-state index in [1.54, 1.807) is 36.7 Å². The number of hydrogen-bond acceptors (Lipinski definition) is 6. The molecule has 1 aliphatic rings. The van der Waals surface area contributed by atoms with Gasteiger partial charge in [0.15, 0.2) is 17.0 Å². The lowest BCUT2D eigenvalue weighted by atomic mass is 9.93. The molecule has 0 saturated carbocycles. The summed E-state index contributed by atoms with van der Waals surface area (Å²) in [7, 11) is 5.08. The van der Waals surface area contributed by atoms with Gasteiger partial charge >= 0.3 is 0 Å². The summed E-state index contributed by atoms with van der Waals surface area (Å²) in [4.78, 5) is 20.3. The maximum atomic E-state index is 13.2. The van der Waals surface area contributed by atoms with E-state index in [1.165, 1.54) is 5.56 Å². The molecule has 8 heteroatoms. The minimum atomic E-state index is -0.0443. The zero-order valence-electron chi connectivity index (χ0n) is 17.6. The molecule has 0 N–H and O–H groups in total. The zero-order chi connectivity index (χ0) is 20.7. The summed E-state index contributed by atoms with van der Waals surface area (Å²) in [5.74, 6) is 2.15. The van der Waals surface area contributed by atoms with Crippen LogP contribution in [0.15, 0.2) is 23.1 Å². The molecule has 0 radical (unpaired) electrons. The van der Waals surface area contributed by atoms with Crippen LogP contribution in [-0.2, 0) is 20.0 Å². The molecule has 0 bridgehead atoms. The molecular formula is C21H27N5O3. The van der Waals surface area contributed by atoms with Crippen LogP contribution in [0.4, 0.5) is 5.95 Å². The molecule has 4 rings (SSSR count). The Labute approximate surface area is 169 Å². The number of aryl methyl sites for hydroxylation is 1. The van der Waals surface area contributed by atoms with Crippen LogP contribution in [-0.4, -0.2) is 40.1 Å². The van der Waals surface area contributed by atoms with Gasteiger partial charge in [0.05, 0.1) is 26.5 Å². The Morgan fingerprint density at radius 2 is 1.93 bits per heavy atom. The topological polar surface area (TPSA) is 74.4 Å². The summed E-state index contributed by atoms with van der Waals surface area (Å²) >= 11 is 0. The van der Waals surface area contributed by atoms with Gasteiger partial charge in [-0.2, -0.15) is 5.10 Å². The maximum Gasteiger partial charge on any atom is 0.281 e. The van der Waals surface area contributed by atoms with E-state index in [-0.39, 0.29) is 11.6 Å². The molecule has 2 aromatic heterocycles. The fourth-order valence-corrected chi connectivity index (χ4v) is 4.20. The number of fused-ring (bicyclic) bond motifs is 2. The van der Waals surface area contributed by atoms with Gasteiger partial charge in [0.1, 0.15) is 5.52 Å². The molecule has 154 valence electrons. The second-order valence-electron chi connectivity index (χ2n) is 7.40. The Balaban J connectivity index is 1.85. The lowest BCUT2D eigenvalue weighted by molar-refractivity contribution is 0.353. The van der Waals surface area contributed by atoms with Gasteiger partial charge in [0.25, 0.3) is 5.56 Å². The highest BCUT2D eigenvalue weighted by atomic mass is 16.5. The number of ether oxygens (including phenoxy) is 2. The summed E-state index contributed by atoms with van der Waals surface area (Å²) in [5, 5.41) is 4.23. The molecular weight excluding hydrogens is 370 g/mol. The molecule has 1 aromatic carbocycles. The molecule has 29 heavy (non-hydrogen) atoms. The highest BCUT2D eigenvalue weighted by Gasteiger charge is 2.29. The Morgan fingerprint density at radius 1 is 1.21 bits per heavy atom. The number of hydrogen-bond donors (Lipinski definition) is 0. The van der Waals surface area contributed by atoms with Crippen molar-refractivity contribution in [1.82, 2.24) is 19.3 Å². The molecule has 3 heterocycles. The van der Waals surface area contributed by atoms with Crippen LogP contribution in [0.25, 0.3) is 11.0 Å². The summed E-state index contributed by atoms with van der Waals surface area (Å²) in [6.07, 6.45) is 3.35. The summed E-state index contributed by atoms with van der Waals surface area (Å²) in [6.45, 7) is 5.59. The van der Waals surface area contributed by atoms with Gasteiger partial charge in [-0.25, -0.2) is 4.98 Å². The average Bonchev–Trinajstić information content (AvgIpc) is 3.10. The van der Waals surface area contributed by atoms with Crippen LogP contribution in [0.2, 0.25) is 0 Å². The van der Waals surface area contributed by atoms with Gasteiger partial charge in [0.2, 0.25) is 5.95 Å². The normalized spacial score (nSPS) is 16.2. The minimum absolute atomic E-state index is 0.0442. The van der Waals surface area contributed by atoms with Crippen LogP contribution in [0.3, 0.4) is 0 Å². The van der Waals surface area contributed by atoms with Crippen molar-refractivity contribution in [3.63, 3.8) is 0 Å². The molecule has 1 aliphatic heterocycles. The summed E-state index contributed by atoms with van der Waals surface area (Å²) in [5.41, 5.74) is 3.52. The van der Waals surface area contributed by atoms with Gasteiger partial charge in [-0.15, -0.1) is 0 Å². The third-order valence-electron chi connectivity index (χ3n) is 5.72. The van der Waals surface area contributed by atoms with Crippen molar-refractivity contribution in [1.29, 1.82) is 0 Å². The Kier molecular flexibility index (Phi) is 4.94. The van der Waals surface area contributed by atoms with Crippen molar-refractivity contribution in [3.05, 3.63) is 39.8 Å². The van der Waals surface area contributed by atoms with Crippen molar-refractivity contribution in [2.24, 2.45) is 7.05 Å². The molecule has 0 amide bonds. The Morgan fingerprint density at radius 3 is 2.62 bits per heavy atom. The van der Waals surface area contributed by atoms with Crippen molar-refractivity contribution in [2.45, 2.75) is 39.3 Å². The van der Waals surface area contributed by atoms with Crippen molar-refractivity contribution >= 4 is 17.0 Å². The minimum Gasteiger partial charge on any atom is -0.493 e. The molecule has 3 aromatic rings. The Bertz CT molecular complexity index is 1120. The van der Waals surface area contributed by atoms with Crippen molar-refractivity contribution in [3.8, 4) is 11.5 Å². The van der Waals surface area contributed by atoms with E-state index >= 15 is 0 Å². The lowest BCUT2D eigenvalue weighted by Gasteiger charge is -2.37. The first-order valence-corrected chi connectivity index (χ1v) is 9.94. The first-order valence-electron chi connectivity index (χ1n) is 9.94. The highest BCUT2D eigenvalue weighted by molar-refractivity contribution is 5.74.